The first-order valence-corrected chi connectivity index (χ1v) is 6.11. The fourth-order valence-corrected chi connectivity index (χ4v) is 2.12. The maximum atomic E-state index is 12.4. The SMILES string of the molecule is CN1CCC(OC2=CC=C(C(F)(F)F)C[CH]2)CC1. The quantitative estimate of drug-likeness (QED) is 0.756. The number of hydrogen-bond donors (Lipinski definition) is 0. The molecule has 0 unspecified atom stereocenters. The number of hydrogen-bond acceptors (Lipinski definition) is 2. The molecule has 5 heteroatoms. The number of likely N-dealkylation sites (tertiary alicyclic amines) is 1. The molecule has 0 saturated carbocycles. The van der Waals surface area contributed by atoms with Gasteiger partial charge in [0, 0.05) is 25.1 Å². The lowest BCUT2D eigenvalue weighted by molar-refractivity contribution is -0.0935. The van der Waals surface area contributed by atoms with Crippen molar-refractivity contribution in [3.05, 3.63) is 29.9 Å². The first kappa shape index (κ1) is 13.5. The lowest BCUT2D eigenvalue weighted by atomic mass is 10.0. The van der Waals surface area contributed by atoms with Gasteiger partial charge in [0.15, 0.2) is 0 Å². The number of allylic oxidation sites excluding steroid dienone is 4. The molecule has 2 nitrogen and oxygen atoms in total. The first-order valence-electron chi connectivity index (χ1n) is 6.11. The number of halogens is 3. The highest BCUT2D eigenvalue weighted by Crippen LogP contribution is 2.33. The third-order valence-corrected chi connectivity index (χ3v) is 3.30. The Labute approximate surface area is 105 Å². The van der Waals surface area contributed by atoms with Gasteiger partial charge in [-0.1, -0.05) is 6.08 Å². The standard InChI is InChI=1S/C13H17F3NO/c1-17-8-6-12(7-9-17)18-11-4-2-10(3-5-11)13(14,15)16/h2,4-5,12H,3,6-9H2,1H3. The van der Waals surface area contributed by atoms with Gasteiger partial charge < -0.3 is 9.64 Å². The molecule has 1 aliphatic heterocycles. The minimum Gasteiger partial charge on any atom is -0.494 e. The molecular formula is C13H17F3NO. The van der Waals surface area contributed by atoms with Crippen molar-refractivity contribution in [3.8, 4) is 0 Å². The average molecular weight is 260 g/mol. The summed E-state index contributed by atoms with van der Waals surface area (Å²) in [7, 11) is 2.06. The van der Waals surface area contributed by atoms with E-state index in [0.29, 0.717) is 5.76 Å². The lowest BCUT2D eigenvalue weighted by Crippen LogP contribution is -2.34. The van der Waals surface area contributed by atoms with E-state index in [4.69, 9.17) is 4.74 Å². The van der Waals surface area contributed by atoms with Crippen molar-refractivity contribution < 1.29 is 17.9 Å². The molecule has 0 bridgehead atoms. The maximum absolute atomic E-state index is 12.4. The van der Waals surface area contributed by atoms with Gasteiger partial charge in [-0.3, -0.25) is 0 Å². The van der Waals surface area contributed by atoms with Gasteiger partial charge in [0.05, 0.1) is 0 Å². The van der Waals surface area contributed by atoms with Crippen molar-refractivity contribution in [2.45, 2.75) is 31.5 Å². The highest BCUT2D eigenvalue weighted by Gasteiger charge is 2.34. The molecule has 18 heavy (non-hydrogen) atoms. The van der Waals surface area contributed by atoms with Crippen LogP contribution in [0.15, 0.2) is 23.5 Å². The second-order valence-electron chi connectivity index (χ2n) is 4.79. The fourth-order valence-electron chi connectivity index (χ4n) is 2.12. The molecule has 1 heterocycles. The van der Waals surface area contributed by atoms with Crippen LogP contribution < -0.4 is 0 Å². The van der Waals surface area contributed by atoms with Gasteiger partial charge >= 0.3 is 6.18 Å². The molecule has 0 aromatic rings. The molecule has 0 atom stereocenters. The summed E-state index contributed by atoms with van der Waals surface area (Å²) in [6.07, 6.45) is 1.71. The molecule has 0 aromatic heterocycles. The lowest BCUT2D eigenvalue weighted by Gasteiger charge is -2.30. The minimum absolute atomic E-state index is 0.0953. The first-order chi connectivity index (χ1) is 8.45. The average Bonchev–Trinajstić information content (AvgIpc) is 2.32. The Hall–Kier alpha value is -0.970. The highest BCUT2D eigenvalue weighted by molar-refractivity contribution is 5.30. The van der Waals surface area contributed by atoms with Crippen LogP contribution in [-0.2, 0) is 4.74 Å². The molecule has 1 fully saturated rings. The van der Waals surface area contributed by atoms with Gasteiger partial charge in [-0.25, -0.2) is 0 Å². The van der Waals surface area contributed by atoms with E-state index >= 15 is 0 Å². The number of nitrogens with zero attached hydrogens (tertiary/aromatic N) is 1. The van der Waals surface area contributed by atoms with Crippen molar-refractivity contribution in [2.24, 2.45) is 0 Å². The van der Waals surface area contributed by atoms with Gasteiger partial charge in [0.25, 0.3) is 0 Å². The van der Waals surface area contributed by atoms with Crippen molar-refractivity contribution in [3.63, 3.8) is 0 Å². The molecule has 1 aliphatic carbocycles. The van der Waals surface area contributed by atoms with Crippen LogP contribution in [0.25, 0.3) is 0 Å². The molecule has 101 valence electrons. The predicted octanol–water partition coefficient (Wildman–Crippen LogP) is 3.08. The zero-order valence-electron chi connectivity index (χ0n) is 10.3. The van der Waals surface area contributed by atoms with Gasteiger partial charge in [0.1, 0.15) is 11.9 Å². The second kappa shape index (κ2) is 5.34. The van der Waals surface area contributed by atoms with E-state index in [1.807, 2.05) is 0 Å². The Morgan fingerprint density at radius 1 is 1.22 bits per heavy atom. The summed E-state index contributed by atoms with van der Waals surface area (Å²) in [5.74, 6) is 0.567. The van der Waals surface area contributed by atoms with Gasteiger partial charge in [-0.15, -0.1) is 0 Å². The van der Waals surface area contributed by atoms with Crippen LogP contribution in [0.3, 0.4) is 0 Å². The summed E-state index contributed by atoms with van der Waals surface area (Å²) in [6.45, 7) is 1.95. The molecule has 1 radical (unpaired) electrons. The molecule has 0 spiro atoms. The van der Waals surface area contributed by atoms with E-state index in [1.54, 1.807) is 0 Å². The van der Waals surface area contributed by atoms with Gasteiger partial charge in [0.2, 0.25) is 0 Å². The molecule has 0 aromatic carbocycles. The Morgan fingerprint density at radius 2 is 1.89 bits per heavy atom. The summed E-state index contributed by atoms with van der Waals surface area (Å²) >= 11 is 0. The number of rotatable bonds is 2. The molecule has 0 N–H and O–H groups in total. The Kier molecular flexibility index (Phi) is 4.00. The fraction of sp³-hybridized carbons (Fsp3) is 0.615. The van der Waals surface area contributed by atoms with E-state index in [1.165, 1.54) is 12.5 Å². The van der Waals surface area contributed by atoms with E-state index in [-0.39, 0.29) is 12.5 Å². The van der Waals surface area contributed by atoms with Crippen LogP contribution in [0.1, 0.15) is 19.3 Å². The van der Waals surface area contributed by atoms with Crippen LogP contribution in [0.2, 0.25) is 0 Å². The second-order valence-corrected chi connectivity index (χ2v) is 4.79. The largest absolute Gasteiger partial charge is 0.494 e. The van der Waals surface area contributed by atoms with E-state index in [2.05, 4.69) is 11.9 Å². The topological polar surface area (TPSA) is 12.5 Å². The Balaban J connectivity index is 1.88. The van der Waals surface area contributed by atoms with Gasteiger partial charge in [-0.2, -0.15) is 13.2 Å². The summed E-state index contributed by atoms with van der Waals surface area (Å²) in [6, 6.07) is 0. The maximum Gasteiger partial charge on any atom is 0.412 e. The summed E-state index contributed by atoms with van der Waals surface area (Å²) in [4.78, 5) is 2.22. The highest BCUT2D eigenvalue weighted by atomic mass is 19.4. The predicted molar refractivity (Wildman–Crippen MR) is 62.7 cm³/mol. The molecule has 2 rings (SSSR count). The third-order valence-electron chi connectivity index (χ3n) is 3.30. The smallest absolute Gasteiger partial charge is 0.412 e. The molecule has 1 saturated heterocycles. The number of piperidine rings is 1. The third kappa shape index (κ3) is 3.51. The summed E-state index contributed by atoms with van der Waals surface area (Å²) in [5, 5.41) is 0. The minimum atomic E-state index is -4.23. The van der Waals surface area contributed by atoms with E-state index in [9.17, 15) is 13.2 Å². The normalized spacial score (nSPS) is 23.6. The zero-order valence-corrected chi connectivity index (χ0v) is 10.3. The van der Waals surface area contributed by atoms with E-state index in [0.717, 1.165) is 32.0 Å². The molecule has 2 aliphatic rings. The van der Waals surface area contributed by atoms with Gasteiger partial charge in [-0.05, 0) is 32.4 Å². The molecular weight excluding hydrogens is 243 g/mol. The van der Waals surface area contributed by atoms with Crippen LogP contribution in [0.4, 0.5) is 13.2 Å². The zero-order chi connectivity index (χ0) is 13.2. The van der Waals surface area contributed by atoms with Crippen LogP contribution >= 0.6 is 0 Å². The number of ether oxygens (including phenoxy) is 1. The van der Waals surface area contributed by atoms with Crippen molar-refractivity contribution >= 4 is 0 Å². The summed E-state index contributed by atoms with van der Waals surface area (Å²) < 4.78 is 42.9. The summed E-state index contributed by atoms with van der Waals surface area (Å²) in [5.41, 5.74) is -0.516. The van der Waals surface area contributed by atoms with E-state index < -0.39 is 11.7 Å². The monoisotopic (exact) mass is 260 g/mol. The van der Waals surface area contributed by atoms with Crippen LogP contribution in [0, 0.1) is 6.42 Å². The molecule has 0 amide bonds. The Morgan fingerprint density at radius 3 is 2.39 bits per heavy atom. The van der Waals surface area contributed by atoms with Crippen molar-refractivity contribution in [1.82, 2.24) is 4.90 Å². The van der Waals surface area contributed by atoms with Crippen LogP contribution in [0.5, 0.6) is 0 Å². The van der Waals surface area contributed by atoms with Crippen LogP contribution in [-0.4, -0.2) is 37.3 Å². The van der Waals surface area contributed by atoms with Crippen molar-refractivity contribution in [1.29, 1.82) is 0 Å². The number of alkyl halides is 3. The van der Waals surface area contributed by atoms with Crippen molar-refractivity contribution in [2.75, 3.05) is 20.1 Å². The Bertz CT molecular complexity index is 352.